The third kappa shape index (κ3) is 4.15. The summed E-state index contributed by atoms with van der Waals surface area (Å²) < 4.78 is 5.00. The molecule has 0 aliphatic heterocycles. The predicted octanol–water partition coefficient (Wildman–Crippen LogP) is 2.78. The van der Waals surface area contributed by atoms with Crippen LogP contribution in [-0.4, -0.2) is 18.0 Å². The maximum atomic E-state index is 11.9. The van der Waals surface area contributed by atoms with E-state index in [4.69, 9.17) is 4.74 Å². The first-order valence-corrected chi connectivity index (χ1v) is 6.84. The van der Waals surface area contributed by atoms with Gasteiger partial charge in [0.05, 0.1) is 18.7 Å². The number of hydrogen-bond acceptors (Lipinski definition) is 4. The van der Waals surface area contributed by atoms with Crippen molar-refractivity contribution in [1.29, 1.82) is 0 Å². The largest absolute Gasteiger partial charge is 0.378 e. The van der Waals surface area contributed by atoms with Crippen molar-refractivity contribution in [3.8, 4) is 0 Å². The number of carbonyl (C=O) groups excluding carboxylic acids is 1. The van der Waals surface area contributed by atoms with E-state index >= 15 is 0 Å². The lowest BCUT2D eigenvalue weighted by molar-refractivity contribution is -0.115. The highest BCUT2D eigenvalue weighted by atomic mass is 32.1. The maximum absolute atomic E-state index is 11.9. The zero-order chi connectivity index (χ0) is 13.7. The Hall–Kier alpha value is -1.72. The molecule has 0 saturated carbocycles. The summed E-state index contributed by atoms with van der Waals surface area (Å²) in [6.07, 6.45) is 0.294. The van der Waals surface area contributed by atoms with E-state index < -0.39 is 0 Å². The Morgan fingerprint density at radius 1 is 1.47 bits per heavy atom. The molecule has 2 rings (SSSR count). The lowest BCUT2D eigenvalue weighted by atomic mass is 10.2. The molecule has 1 heterocycles. The van der Waals surface area contributed by atoms with E-state index in [1.54, 1.807) is 7.11 Å². The fourth-order valence-electron chi connectivity index (χ4n) is 1.71. The highest BCUT2D eigenvalue weighted by Gasteiger charge is 2.08. The minimum atomic E-state index is -0.0519. The number of benzene rings is 1. The number of nitrogens with one attached hydrogen (secondary N) is 1. The summed E-state index contributed by atoms with van der Waals surface area (Å²) in [4.78, 5) is 16.2. The number of methoxy groups -OCH3 is 1. The number of aryl methyl sites for hydroxylation is 1. The van der Waals surface area contributed by atoms with Crippen LogP contribution in [0.4, 0.5) is 5.69 Å². The third-order valence-corrected chi connectivity index (χ3v) is 3.40. The number of thiazole rings is 1. The van der Waals surface area contributed by atoms with Crippen molar-refractivity contribution in [2.24, 2.45) is 0 Å². The monoisotopic (exact) mass is 276 g/mol. The molecule has 4 nitrogen and oxygen atoms in total. The highest BCUT2D eigenvalue weighted by molar-refractivity contribution is 7.09. The maximum Gasteiger partial charge on any atom is 0.231 e. The Kier molecular flexibility index (Phi) is 4.65. The van der Waals surface area contributed by atoms with Crippen molar-refractivity contribution >= 4 is 22.9 Å². The Labute approximate surface area is 116 Å². The van der Waals surface area contributed by atoms with Crippen LogP contribution in [0.1, 0.15) is 16.3 Å². The van der Waals surface area contributed by atoms with Crippen LogP contribution >= 0.6 is 11.3 Å². The van der Waals surface area contributed by atoms with Crippen LogP contribution in [-0.2, 0) is 22.6 Å². The molecule has 19 heavy (non-hydrogen) atoms. The standard InChI is InChI=1S/C14H16N2O2S/c1-10-4-3-5-11(6-10)15-13(17)7-14-16-12(8-18-2)9-19-14/h3-6,9H,7-8H2,1-2H3,(H,15,17). The average molecular weight is 276 g/mol. The minimum absolute atomic E-state index is 0.0519. The van der Waals surface area contributed by atoms with Gasteiger partial charge in [0, 0.05) is 18.2 Å². The molecule has 100 valence electrons. The van der Waals surface area contributed by atoms with Gasteiger partial charge >= 0.3 is 0 Å². The van der Waals surface area contributed by atoms with Crippen molar-refractivity contribution in [3.05, 3.63) is 45.9 Å². The van der Waals surface area contributed by atoms with Gasteiger partial charge in [-0.2, -0.15) is 0 Å². The van der Waals surface area contributed by atoms with Crippen molar-refractivity contribution in [1.82, 2.24) is 4.98 Å². The molecule has 0 fully saturated rings. The second kappa shape index (κ2) is 6.45. The Bertz CT molecular complexity index is 566. The van der Waals surface area contributed by atoms with E-state index in [2.05, 4.69) is 10.3 Å². The molecule has 0 saturated heterocycles. The van der Waals surface area contributed by atoms with E-state index in [9.17, 15) is 4.79 Å². The second-order valence-electron chi connectivity index (χ2n) is 4.26. The lowest BCUT2D eigenvalue weighted by Crippen LogP contribution is -2.14. The van der Waals surface area contributed by atoms with E-state index in [1.165, 1.54) is 11.3 Å². The number of amides is 1. The van der Waals surface area contributed by atoms with Gasteiger partial charge in [0.1, 0.15) is 5.01 Å². The van der Waals surface area contributed by atoms with Gasteiger partial charge in [0.2, 0.25) is 5.91 Å². The molecule has 0 bridgehead atoms. The molecule has 1 aromatic heterocycles. The molecule has 1 aromatic carbocycles. The minimum Gasteiger partial charge on any atom is -0.378 e. The van der Waals surface area contributed by atoms with Crippen LogP contribution in [0.2, 0.25) is 0 Å². The number of anilines is 1. The fraction of sp³-hybridized carbons (Fsp3) is 0.286. The van der Waals surface area contributed by atoms with Gasteiger partial charge in [-0.05, 0) is 24.6 Å². The molecule has 5 heteroatoms. The molecule has 0 unspecified atom stereocenters. The number of aromatic nitrogens is 1. The number of carbonyl (C=O) groups is 1. The second-order valence-corrected chi connectivity index (χ2v) is 5.20. The van der Waals surface area contributed by atoms with Gasteiger partial charge < -0.3 is 10.1 Å². The van der Waals surface area contributed by atoms with Crippen LogP contribution in [0.5, 0.6) is 0 Å². The molecule has 1 amide bonds. The Balaban J connectivity index is 1.93. The van der Waals surface area contributed by atoms with Crippen LogP contribution in [0, 0.1) is 6.92 Å². The van der Waals surface area contributed by atoms with E-state index in [0.29, 0.717) is 13.0 Å². The SMILES string of the molecule is COCc1csc(CC(=O)Nc2cccc(C)c2)n1. The summed E-state index contributed by atoms with van der Waals surface area (Å²) in [6.45, 7) is 2.48. The third-order valence-electron chi connectivity index (χ3n) is 2.51. The summed E-state index contributed by atoms with van der Waals surface area (Å²) in [5, 5.41) is 5.59. The van der Waals surface area contributed by atoms with Gasteiger partial charge in [0.25, 0.3) is 0 Å². The van der Waals surface area contributed by atoms with Crippen molar-refractivity contribution < 1.29 is 9.53 Å². The van der Waals surface area contributed by atoms with Gasteiger partial charge in [-0.15, -0.1) is 11.3 Å². The molecule has 1 N–H and O–H groups in total. The topological polar surface area (TPSA) is 51.2 Å². The smallest absolute Gasteiger partial charge is 0.231 e. The van der Waals surface area contributed by atoms with Gasteiger partial charge in [-0.3, -0.25) is 4.79 Å². The van der Waals surface area contributed by atoms with Crippen molar-refractivity contribution in [2.45, 2.75) is 20.0 Å². The summed E-state index contributed by atoms with van der Waals surface area (Å²) in [6, 6.07) is 7.73. The van der Waals surface area contributed by atoms with Crippen molar-refractivity contribution in [3.63, 3.8) is 0 Å². The normalized spacial score (nSPS) is 10.4. The van der Waals surface area contributed by atoms with Gasteiger partial charge in [0.15, 0.2) is 0 Å². The molecule has 2 aromatic rings. The number of ether oxygens (including phenoxy) is 1. The van der Waals surface area contributed by atoms with Crippen LogP contribution < -0.4 is 5.32 Å². The highest BCUT2D eigenvalue weighted by Crippen LogP contribution is 2.13. The predicted molar refractivity (Wildman–Crippen MR) is 76.3 cm³/mol. The quantitative estimate of drug-likeness (QED) is 0.913. The van der Waals surface area contributed by atoms with Gasteiger partial charge in [-0.1, -0.05) is 12.1 Å². The molecule has 0 spiro atoms. The van der Waals surface area contributed by atoms with Crippen molar-refractivity contribution in [2.75, 3.05) is 12.4 Å². The average Bonchev–Trinajstić information content (AvgIpc) is 2.77. The molecular formula is C14H16N2O2S. The molecule has 0 atom stereocenters. The number of nitrogens with zero attached hydrogens (tertiary/aromatic N) is 1. The lowest BCUT2D eigenvalue weighted by Gasteiger charge is -2.04. The zero-order valence-corrected chi connectivity index (χ0v) is 11.8. The molecule has 0 aliphatic carbocycles. The first-order valence-electron chi connectivity index (χ1n) is 5.96. The van der Waals surface area contributed by atoms with E-state index in [1.807, 2.05) is 36.6 Å². The summed E-state index contributed by atoms with van der Waals surface area (Å²) in [5.74, 6) is -0.0519. The van der Waals surface area contributed by atoms with Crippen LogP contribution in [0.3, 0.4) is 0 Å². The summed E-state index contributed by atoms with van der Waals surface area (Å²) >= 11 is 1.48. The summed E-state index contributed by atoms with van der Waals surface area (Å²) in [7, 11) is 1.63. The number of rotatable bonds is 5. The Morgan fingerprint density at radius 2 is 2.32 bits per heavy atom. The van der Waals surface area contributed by atoms with Gasteiger partial charge in [-0.25, -0.2) is 4.98 Å². The molecule has 0 radical (unpaired) electrons. The first-order chi connectivity index (χ1) is 9.17. The van der Waals surface area contributed by atoms with E-state index in [0.717, 1.165) is 22.0 Å². The summed E-state index contributed by atoms with van der Waals surface area (Å²) in [5.41, 5.74) is 2.80. The van der Waals surface area contributed by atoms with Crippen LogP contribution in [0.25, 0.3) is 0 Å². The van der Waals surface area contributed by atoms with E-state index in [-0.39, 0.29) is 5.91 Å². The zero-order valence-electron chi connectivity index (χ0n) is 11.0. The van der Waals surface area contributed by atoms with Crippen LogP contribution in [0.15, 0.2) is 29.6 Å². The molecule has 0 aliphatic rings. The first kappa shape index (κ1) is 13.7. The number of hydrogen-bond donors (Lipinski definition) is 1. The Morgan fingerprint density at radius 3 is 3.05 bits per heavy atom. The molecular weight excluding hydrogens is 260 g/mol. The fourth-order valence-corrected chi connectivity index (χ4v) is 2.49.